The molecule has 1 unspecified atom stereocenters. The number of nitrogens with zero attached hydrogens (tertiary/aromatic N) is 3. The minimum Gasteiger partial charge on any atom is -0.464 e. The van der Waals surface area contributed by atoms with Crippen LogP contribution in [0, 0.1) is 0 Å². The van der Waals surface area contributed by atoms with Gasteiger partial charge < -0.3 is 15.0 Å². The summed E-state index contributed by atoms with van der Waals surface area (Å²) in [6.45, 7) is 2.05. The summed E-state index contributed by atoms with van der Waals surface area (Å²) < 4.78 is 4.60. The number of likely N-dealkylation sites (N-methyl/N-ethyl adjacent to an activating group) is 1. The third kappa shape index (κ3) is 2.91. The third-order valence-corrected chi connectivity index (χ3v) is 2.77. The average Bonchev–Trinajstić information content (AvgIpc) is 2.74. The number of nitrogens with one attached hydrogen (secondary N) is 1. The molecule has 92 valence electrons. The van der Waals surface area contributed by atoms with Crippen LogP contribution in [0.25, 0.3) is 0 Å². The molecule has 1 fully saturated rings. The van der Waals surface area contributed by atoms with E-state index < -0.39 is 5.97 Å². The average molecular weight is 236 g/mol. The Balaban J connectivity index is 2.03. The summed E-state index contributed by atoms with van der Waals surface area (Å²) in [4.78, 5) is 21.7. The molecule has 0 aromatic carbocycles. The molecular weight excluding hydrogens is 220 g/mol. The molecule has 6 heteroatoms. The van der Waals surface area contributed by atoms with Gasteiger partial charge in [-0.3, -0.25) is 4.98 Å². The van der Waals surface area contributed by atoms with E-state index >= 15 is 0 Å². The Morgan fingerprint density at radius 3 is 3.06 bits per heavy atom. The van der Waals surface area contributed by atoms with Gasteiger partial charge >= 0.3 is 5.97 Å². The molecule has 17 heavy (non-hydrogen) atoms. The first-order valence-corrected chi connectivity index (χ1v) is 5.54. The number of carbonyl (C=O) groups is 1. The van der Waals surface area contributed by atoms with Crippen molar-refractivity contribution < 1.29 is 9.53 Å². The number of rotatable bonds is 3. The molecule has 0 aliphatic carbocycles. The number of methoxy groups -OCH3 is 1. The quantitative estimate of drug-likeness (QED) is 0.765. The zero-order valence-electron chi connectivity index (χ0n) is 10.0. The van der Waals surface area contributed by atoms with E-state index in [-0.39, 0.29) is 5.69 Å². The number of ether oxygens (including phenoxy) is 1. The van der Waals surface area contributed by atoms with Gasteiger partial charge in [0.1, 0.15) is 5.82 Å². The van der Waals surface area contributed by atoms with Crippen molar-refractivity contribution in [2.75, 3.05) is 32.6 Å². The highest BCUT2D eigenvalue weighted by molar-refractivity contribution is 5.87. The van der Waals surface area contributed by atoms with Gasteiger partial charge in [-0.1, -0.05) is 0 Å². The Morgan fingerprint density at radius 1 is 1.59 bits per heavy atom. The smallest absolute Gasteiger partial charge is 0.358 e. The van der Waals surface area contributed by atoms with Gasteiger partial charge in [0.15, 0.2) is 5.69 Å². The summed E-state index contributed by atoms with van der Waals surface area (Å²) in [6, 6.07) is 0.363. The van der Waals surface area contributed by atoms with E-state index in [2.05, 4.69) is 32.0 Å². The molecule has 1 aromatic rings. The Kier molecular flexibility index (Phi) is 3.53. The van der Waals surface area contributed by atoms with Crippen molar-refractivity contribution in [2.45, 2.75) is 12.5 Å². The number of anilines is 1. The van der Waals surface area contributed by atoms with E-state index in [1.165, 1.54) is 13.3 Å². The summed E-state index contributed by atoms with van der Waals surface area (Å²) in [5.41, 5.74) is 0.226. The van der Waals surface area contributed by atoms with E-state index in [4.69, 9.17) is 0 Å². The lowest BCUT2D eigenvalue weighted by Gasteiger charge is -2.13. The first-order chi connectivity index (χ1) is 8.19. The van der Waals surface area contributed by atoms with Crippen molar-refractivity contribution in [1.29, 1.82) is 0 Å². The number of aromatic nitrogens is 2. The summed E-state index contributed by atoms with van der Waals surface area (Å²) in [6.07, 6.45) is 4.09. The van der Waals surface area contributed by atoms with E-state index in [1.54, 1.807) is 6.20 Å². The van der Waals surface area contributed by atoms with Gasteiger partial charge in [-0.15, -0.1) is 0 Å². The summed E-state index contributed by atoms with van der Waals surface area (Å²) in [7, 11) is 3.41. The van der Waals surface area contributed by atoms with Crippen LogP contribution in [0.15, 0.2) is 12.4 Å². The number of esters is 1. The van der Waals surface area contributed by atoms with Crippen molar-refractivity contribution in [3.05, 3.63) is 18.1 Å². The Labute approximate surface area is 100 Å². The van der Waals surface area contributed by atoms with Gasteiger partial charge in [0, 0.05) is 12.6 Å². The SMILES string of the molecule is COC(=O)c1cncc(NC2CCN(C)C2)n1. The van der Waals surface area contributed by atoms with E-state index in [9.17, 15) is 4.79 Å². The van der Waals surface area contributed by atoms with Gasteiger partial charge in [0.05, 0.1) is 19.5 Å². The van der Waals surface area contributed by atoms with Crippen LogP contribution in [0.4, 0.5) is 5.82 Å². The molecule has 2 heterocycles. The molecule has 0 bridgehead atoms. The molecule has 0 amide bonds. The standard InChI is InChI=1S/C11H16N4O2/c1-15-4-3-8(7-15)13-10-6-12-5-9(14-10)11(16)17-2/h5-6,8H,3-4,7H2,1-2H3,(H,13,14). The van der Waals surface area contributed by atoms with Gasteiger partial charge in [0.25, 0.3) is 0 Å². The number of carbonyl (C=O) groups excluding carboxylic acids is 1. The molecule has 1 saturated heterocycles. The summed E-state index contributed by atoms with van der Waals surface area (Å²) in [5, 5.41) is 3.27. The van der Waals surface area contributed by atoms with Crippen LogP contribution < -0.4 is 5.32 Å². The van der Waals surface area contributed by atoms with Crippen LogP contribution in [0.5, 0.6) is 0 Å². The van der Waals surface area contributed by atoms with Crippen LogP contribution in [0.2, 0.25) is 0 Å². The third-order valence-electron chi connectivity index (χ3n) is 2.77. The van der Waals surface area contributed by atoms with Gasteiger partial charge in [0.2, 0.25) is 0 Å². The first-order valence-electron chi connectivity index (χ1n) is 5.54. The number of hydrogen-bond acceptors (Lipinski definition) is 6. The lowest BCUT2D eigenvalue weighted by atomic mass is 10.2. The number of hydrogen-bond donors (Lipinski definition) is 1. The van der Waals surface area contributed by atoms with Crippen molar-refractivity contribution in [3.63, 3.8) is 0 Å². The van der Waals surface area contributed by atoms with Crippen LogP contribution in [0.1, 0.15) is 16.9 Å². The lowest BCUT2D eigenvalue weighted by Crippen LogP contribution is -2.24. The highest BCUT2D eigenvalue weighted by atomic mass is 16.5. The zero-order chi connectivity index (χ0) is 12.3. The monoisotopic (exact) mass is 236 g/mol. The Hall–Kier alpha value is -1.69. The molecule has 6 nitrogen and oxygen atoms in total. The fraction of sp³-hybridized carbons (Fsp3) is 0.545. The Bertz CT molecular complexity index is 410. The second-order valence-corrected chi connectivity index (χ2v) is 4.17. The number of likely N-dealkylation sites (tertiary alicyclic amines) is 1. The van der Waals surface area contributed by atoms with E-state index in [1.807, 2.05) is 0 Å². The highest BCUT2D eigenvalue weighted by Gasteiger charge is 2.19. The summed E-state index contributed by atoms with van der Waals surface area (Å²) >= 11 is 0. The first kappa shape index (κ1) is 11.8. The van der Waals surface area contributed by atoms with Gasteiger partial charge in [-0.05, 0) is 20.0 Å². The maximum atomic E-state index is 11.3. The van der Waals surface area contributed by atoms with Crippen molar-refractivity contribution in [3.8, 4) is 0 Å². The van der Waals surface area contributed by atoms with Crippen LogP contribution in [0.3, 0.4) is 0 Å². The largest absolute Gasteiger partial charge is 0.464 e. The molecule has 1 aliphatic heterocycles. The Morgan fingerprint density at radius 2 is 2.41 bits per heavy atom. The second-order valence-electron chi connectivity index (χ2n) is 4.17. The van der Waals surface area contributed by atoms with Crippen molar-refractivity contribution in [1.82, 2.24) is 14.9 Å². The molecule has 1 atom stereocenters. The van der Waals surface area contributed by atoms with E-state index in [0.717, 1.165) is 19.5 Å². The zero-order valence-corrected chi connectivity index (χ0v) is 10.0. The fourth-order valence-electron chi connectivity index (χ4n) is 1.90. The fourth-order valence-corrected chi connectivity index (χ4v) is 1.90. The van der Waals surface area contributed by atoms with Crippen LogP contribution in [-0.2, 0) is 4.74 Å². The van der Waals surface area contributed by atoms with E-state index in [0.29, 0.717) is 11.9 Å². The predicted molar refractivity (Wildman–Crippen MR) is 62.9 cm³/mol. The molecule has 0 spiro atoms. The van der Waals surface area contributed by atoms with Gasteiger partial charge in [-0.25, -0.2) is 9.78 Å². The van der Waals surface area contributed by atoms with Gasteiger partial charge in [-0.2, -0.15) is 0 Å². The predicted octanol–water partition coefficient (Wildman–Crippen LogP) is 0.379. The molecule has 1 aliphatic rings. The van der Waals surface area contributed by atoms with Crippen LogP contribution in [-0.4, -0.2) is 54.1 Å². The lowest BCUT2D eigenvalue weighted by molar-refractivity contribution is 0.0593. The normalized spacial score (nSPS) is 20.2. The molecule has 1 N–H and O–H groups in total. The maximum absolute atomic E-state index is 11.3. The second kappa shape index (κ2) is 5.09. The molecular formula is C11H16N4O2. The van der Waals surface area contributed by atoms with Crippen molar-refractivity contribution in [2.24, 2.45) is 0 Å². The summed E-state index contributed by atoms with van der Waals surface area (Å²) in [5.74, 6) is 0.151. The molecule has 0 radical (unpaired) electrons. The van der Waals surface area contributed by atoms with Crippen molar-refractivity contribution >= 4 is 11.8 Å². The minimum atomic E-state index is -0.468. The topological polar surface area (TPSA) is 67.3 Å². The molecule has 0 saturated carbocycles. The maximum Gasteiger partial charge on any atom is 0.358 e. The molecule has 1 aromatic heterocycles. The minimum absolute atomic E-state index is 0.226. The molecule has 2 rings (SSSR count). The highest BCUT2D eigenvalue weighted by Crippen LogP contribution is 2.12. The van der Waals surface area contributed by atoms with Crippen LogP contribution >= 0.6 is 0 Å².